The van der Waals surface area contributed by atoms with Gasteiger partial charge in [0.05, 0.1) is 11.3 Å². The van der Waals surface area contributed by atoms with Gasteiger partial charge >= 0.3 is 0 Å². The molecule has 0 aliphatic heterocycles. The van der Waals surface area contributed by atoms with Crippen LogP contribution in [0.1, 0.15) is 10.4 Å². The number of hydrogen-bond donors (Lipinski definition) is 2. The molecule has 2 aromatic rings. The van der Waals surface area contributed by atoms with E-state index in [9.17, 15) is 9.18 Å². The highest BCUT2D eigenvalue weighted by Gasteiger charge is 2.12. The van der Waals surface area contributed by atoms with Gasteiger partial charge in [-0.15, -0.1) is 0 Å². The summed E-state index contributed by atoms with van der Waals surface area (Å²) >= 11 is 5.79. The summed E-state index contributed by atoms with van der Waals surface area (Å²) in [6.45, 7) is 0. The van der Waals surface area contributed by atoms with Crippen LogP contribution >= 0.6 is 11.6 Å². The minimum Gasteiger partial charge on any atom is -0.396 e. The molecule has 1 amide bonds. The lowest BCUT2D eigenvalue weighted by Gasteiger charge is -2.08. The Morgan fingerprint density at radius 2 is 1.94 bits per heavy atom. The Labute approximate surface area is 108 Å². The van der Waals surface area contributed by atoms with Gasteiger partial charge in [0.2, 0.25) is 0 Å². The van der Waals surface area contributed by atoms with Gasteiger partial charge in [0, 0.05) is 10.7 Å². The van der Waals surface area contributed by atoms with Crippen molar-refractivity contribution in [3.05, 3.63) is 58.9 Å². The number of para-hydroxylation sites is 1. The number of benzene rings is 2. The van der Waals surface area contributed by atoms with Crippen LogP contribution in [0.2, 0.25) is 5.02 Å². The van der Waals surface area contributed by atoms with Crippen LogP contribution in [0.5, 0.6) is 0 Å². The zero-order valence-electron chi connectivity index (χ0n) is 9.28. The molecule has 5 heteroatoms. The maximum absolute atomic E-state index is 13.2. The van der Waals surface area contributed by atoms with E-state index in [4.69, 9.17) is 17.3 Å². The van der Waals surface area contributed by atoms with Gasteiger partial charge in [0.25, 0.3) is 5.91 Å². The van der Waals surface area contributed by atoms with Gasteiger partial charge in [-0.1, -0.05) is 23.7 Å². The molecule has 3 N–H and O–H groups in total. The van der Waals surface area contributed by atoms with Crippen LogP contribution in [0.3, 0.4) is 0 Å². The molecule has 0 aliphatic rings. The van der Waals surface area contributed by atoms with Crippen molar-refractivity contribution >= 4 is 28.9 Å². The molecule has 0 spiro atoms. The Balaban J connectivity index is 2.25. The number of nitrogens with two attached hydrogens (primary N) is 1. The predicted molar refractivity (Wildman–Crippen MR) is 70.2 cm³/mol. The standard InChI is InChI=1S/C13H10ClFN2O/c14-8-3-1-4-9(7-8)17-13(18)10-5-2-6-11(15)12(10)16/h1-7H,16H2,(H,17,18). The third kappa shape index (κ3) is 2.60. The number of nitrogen functional groups attached to an aromatic ring is 1. The summed E-state index contributed by atoms with van der Waals surface area (Å²) in [5, 5.41) is 3.10. The van der Waals surface area contributed by atoms with Crippen LogP contribution in [-0.4, -0.2) is 5.91 Å². The number of hydrogen-bond acceptors (Lipinski definition) is 2. The topological polar surface area (TPSA) is 55.1 Å². The van der Waals surface area contributed by atoms with Gasteiger partial charge in [0.1, 0.15) is 5.82 Å². The van der Waals surface area contributed by atoms with E-state index in [0.717, 1.165) is 0 Å². The van der Waals surface area contributed by atoms with Gasteiger partial charge in [-0.05, 0) is 30.3 Å². The van der Waals surface area contributed by atoms with E-state index in [1.54, 1.807) is 24.3 Å². The first-order chi connectivity index (χ1) is 8.58. The van der Waals surface area contributed by atoms with E-state index in [1.165, 1.54) is 18.2 Å². The molecule has 0 saturated carbocycles. The fraction of sp³-hybridized carbons (Fsp3) is 0. The van der Waals surface area contributed by atoms with Crippen molar-refractivity contribution in [1.29, 1.82) is 0 Å². The molecular formula is C13H10ClFN2O. The van der Waals surface area contributed by atoms with E-state index < -0.39 is 11.7 Å². The van der Waals surface area contributed by atoms with E-state index in [1.807, 2.05) is 0 Å². The molecule has 0 heterocycles. The molecule has 3 nitrogen and oxygen atoms in total. The van der Waals surface area contributed by atoms with Crippen LogP contribution in [0.15, 0.2) is 42.5 Å². The lowest BCUT2D eigenvalue weighted by atomic mass is 10.1. The van der Waals surface area contributed by atoms with Crippen LogP contribution in [0.4, 0.5) is 15.8 Å². The fourth-order valence-electron chi connectivity index (χ4n) is 1.50. The Morgan fingerprint density at radius 1 is 1.22 bits per heavy atom. The van der Waals surface area contributed by atoms with Crippen LogP contribution < -0.4 is 11.1 Å². The zero-order valence-corrected chi connectivity index (χ0v) is 10.0. The second-order valence-corrected chi connectivity index (χ2v) is 4.10. The number of halogens is 2. The first kappa shape index (κ1) is 12.4. The number of amides is 1. The molecule has 0 aliphatic carbocycles. The molecule has 0 fully saturated rings. The zero-order chi connectivity index (χ0) is 13.1. The largest absolute Gasteiger partial charge is 0.396 e. The molecule has 0 atom stereocenters. The Hall–Kier alpha value is -2.07. The van der Waals surface area contributed by atoms with Crippen molar-refractivity contribution in [2.24, 2.45) is 0 Å². The summed E-state index contributed by atoms with van der Waals surface area (Å²) in [6.07, 6.45) is 0. The van der Waals surface area contributed by atoms with Crippen molar-refractivity contribution < 1.29 is 9.18 Å². The van der Waals surface area contributed by atoms with Gasteiger partial charge < -0.3 is 11.1 Å². The third-order valence-electron chi connectivity index (χ3n) is 2.38. The maximum Gasteiger partial charge on any atom is 0.257 e. The molecule has 2 aromatic carbocycles. The lowest BCUT2D eigenvalue weighted by Crippen LogP contribution is -2.14. The summed E-state index contributed by atoms with van der Waals surface area (Å²) in [5.41, 5.74) is 5.95. The summed E-state index contributed by atoms with van der Waals surface area (Å²) in [6, 6.07) is 10.7. The van der Waals surface area contributed by atoms with Crippen LogP contribution in [-0.2, 0) is 0 Å². The number of nitrogens with one attached hydrogen (secondary N) is 1. The molecule has 18 heavy (non-hydrogen) atoms. The fourth-order valence-corrected chi connectivity index (χ4v) is 1.69. The van der Waals surface area contributed by atoms with Crippen LogP contribution in [0, 0.1) is 5.82 Å². The van der Waals surface area contributed by atoms with E-state index >= 15 is 0 Å². The Morgan fingerprint density at radius 3 is 2.67 bits per heavy atom. The van der Waals surface area contributed by atoms with Gasteiger partial charge in [0.15, 0.2) is 0 Å². The highest BCUT2D eigenvalue weighted by atomic mass is 35.5. The average Bonchev–Trinajstić information content (AvgIpc) is 2.32. The molecule has 0 aromatic heterocycles. The molecule has 92 valence electrons. The second-order valence-electron chi connectivity index (χ2n) is 3.67. The van der Waals surface area contributed by atoms with E-state index in [0.29, 0.717) is 10.7 Å². The number of rotatable bonds is 2. The number of anilines is 2. The lowest BCUT2D eigenvalue weighted by molar-refractivity contribution is 0.102. The predicted octanol–water partition coefficient (Wildman–Crippen LogP) is 3.31. The smallest absolute Gasteiger partial charge is 0.257 e. The minimum absolute atomic E-state index is 0.0926. The highest BCUT2D eigenvalue weighted by Crippen LogP contribution is 2.19. The molecule has 0 bridgehead atoms. The first-order valence-corrected chi connectivity index (χ1v) is 5.56. The third-order valence-corrected chi connectivity index (χ3v) is 2.62. The SMILES string of the molecule is Nc1c(F)cccc1C(=O)Nc1cccc(Cl)c1. The highest BCUT2D eigenvalue weighted by molar-refractivity contribution is 6.31. The quantitative estimate of drug-likeness (QED) is 0.818. The van der Waals surface area contributed by atoms with E-state index in [-0.39, 0.29) is 11.3 Å². The van der Waals surface area contributed by atoms with Crippen molar-refractivity contribution in [3.63, 3.8) is 0 Å². The molecular weight excluding hydrogens is 255 g/mol. The van der Waals surface area contributed by atoms with Crippen molar-refractivity contribution in [2.75, 3.05) is 11.1 Å². The number of carbonyl (C=O) groups is 1. The summed E-state index contributed by atoms with van der Waals surface area (Å²) in [5.74, 6) is -1.09. The summed E-state index contributed by atoms with van der Waals surface area (Å²) < 4.78 is 13.2. The minimum atomic E-state index is -0.617. The van der Waals surface area contributed by atoms with Crippen molar-refractivity contribution in [3.8, 4) is 0 Å². The monoisotopic (exact) mass is 264 g/mol. The molecule has 2 rings (SSSR count). The van der Waals surface area contributed by atoms with Crippen LogP contribution in [0.25, 0.3) is 0 Å². The maximum atomic E-state index is 13.2. The van der Waals surface area contributed by atoms with Gasteiger partial charge in [-0.2, -0.15) is 0 Å². The summed E-state index contributed by atoms with van der Waals surface area (Å²) in [4.78, 5) is 11.9. The van der Waals surface area contributed by atoms with Crippen molar-refractivity contribution in [1.82, 2.24) is 0 Å². The van der Waals surface area contributed by atoms with E-state index in [2.05, 4.69) is 5.32 Å². The number of carbonyl (C=O) groups excluding carboxylic acids is 1. The molecule has 0 unspecified atom stereocenters. The van der Waals surface area contributed by atoms with Gasteiger partial charge in [-0.3, -0.25) is 4.79 Å². The molecule has 0 saturated heterocycles. The average molecular weight is 265 g/mol. The summed E-state index contributed by atoms with van der Waals surface area (Å²) in [7, 11) is 0. The Kier molecular flexibility index (Phi) is 3.48. The Bertz CT molecular complexity index is 601. The van der Waals surface area contributed by atoms with Gasteiger partial charge in [-0.25, -0.2) is 4.39 Å². The first-order valence-electron chi connectivity index (χ1n) is 5.19. The van der Waals surface area contributed by atoms with Crippen molar-refractivity contribution in [2.45, 2.75) is 0 Å². The molecule has 0 radical (unpaired) electrons. The normalized spacial score (nSPS) is 10.1. The second kappa shape index (κ2) is 5.06.